The Morgan fingerprint density at radius 2 is 1.63 bits per heavy atom. The summed E-state index contributed by atoms with van der Waals surface area (Å²) < 4.78 is 29.0. The number of sulfonamides is 1. The van der Waals surface area contributed by atoms with Gasteiger partial charge < -0.3 is 15.5 Å². The van der Waals surface area contributed by atoms with E-state index in [-0.39, 0.29) is 23.8 Å². The summed E-state index contributed by atoms with van der Waals surface area (Å²) in [7, 11) is -4.10. The van der Waals surface area contributed by atoms with Gasteiger partial charge in [0.1, 0.15) is 6.29 Å². The van der Waals surface area contributed by atoms with E-state index in [1.54, 1.807) is 0 Å². The highest BCUT2D eigenvalue weighted by Crippen LogP contribution is 2.34. The summed E-state index contributed by atoms with van der Waals surface area (Å²) in [5, 5.41) is 23.5. The molecular weight excluding hydrogens is 468 g/mol. The smallest absolute Gasteiger partial charge is 0.404 e. The number of hydrogen-bond acceptors (Lipinski definition) is 5. The quantitative estimate of drug-likeness (QED) is 0.400. The van der Waals surface area contributed by atoms with Crippen molar-refractivity contribution < 1.29 is 28.2 Å². The van der Waals surface area contributed by atoms with Gasteiger partial charge in [-0.3, -0.25) is 4.79 Å². The molecule has 1 amide bonds. The first-order valence-corrected chi connectivity index (χ1v) is 13.0. The van der Waals surface area contributed by atoms with Gasteiger partial charge in [-0.2, -0.15) is 4.31 Å². The van der Waals surface area contributed by atoms with E-state index < -0.39 is 39.7 Å². The van der Waals surface area contributed by atoms with Gasteiger partial charge in [0, 0.05) is 12.1 Å². The van der Waals surface area contributed by atoms with Crippen molar-refractivity contribution in [2.45, 2.75) is 64.1 Å². The van der Waals surface area contributed by atoms with E-state index in [0.29, 0.717) is 11.8 Å². The van der Waals surface area contributed by atoms with Crippen molar-refractivity contribution in [1.29, 1.82) is 0 Å². The Balaban J connectivity index is 2.59. The van der Waals surface area contributed by atoms with Gasteiger partial charge >= 0.3 is 6.09 Å². The van der Waals surface area contributed by atoms with Crippen molar-refractivity contribution in [3.63, 3.8) is 0 Å². The lowest BCUT2D eigenvalue weighted by Gasteiger charge is -2.44. The molecule has 0 radical (unpaired) electrons. The second kappa shape index (κ2) is 11.8. The minimum Gasteiger partial charge on any atom is -0.465 e. The second-order valence-electron chi connectivity index (χ2n) is 10.2. The lowest BCUT2D eigenvalue weighted by atomic mass is 9.79. The summed E-state index contributed by atoms with van der Waals surface area (Å²) in [5.74, 6) is -0.0731. The third-order valence-electron chi connectivity index (χ3n) is 5.71. The molecule has 2 aromatic carbocycles. The zero-order valence-corrected chi connectivity index (χ0v) is 21.7. The van der Waals surface area contributed by atoms with Gasteiger partial charge in [-0.05, 0) is 35.4 Å². The van der Waals surface area contributed by atoms with Crippen LogP contribution in [0.5, 0.6) is 0 Å². The van der Waals surface area contributed by atoms with E-state index in [0.717, 1.165) is 5.56 Å². The van der Waals surface area contributed by atoms with Gasteiger partial charge in [-0.25, -0.2) is 13.2 Å². The van der Waals surface area contributed by atoms with Crippen LogP contribution in [0.2, 0.25) is 0 Å². The Morgan fingerprint density at radius 3 is 2.09 bits per heavy atom. The topological polar surface area (TPSA) is 124 Å². The highest BCUT2D eigenvalue weighted by Gasteiger charge is 2.45. The Morgan fingerprint density at radius 1 is 1.06 bits per heavy atom. The molecule has 2 aromatic rings. The van der Waals surface area contributed by atoms with Gasteiger partial charge in [0.05, 0.1) is 23.1 Å². The van der Waals surface area contributed by atoms with E-state index >= 15 is 0 Å². The molecular formula is C26H36N2O6S. The average molecular weight is 505 g/mol. The first kappa shape index (κ1) is 28.5. The molecule has 35 heavy (non-hydrogen) atoms. The molecule has 9 heteroatoms. The molecule has 0 aliphatic heterocycles. The number of carbonyl (C=O) groups is 2. The van der Waals surface area contributed by atoms with Crippen LogP contribution in [-0.4, -0.2) is 60.0 Å². The molecule has 0 saturated heterocycles. The van der Waals surface area contributed by atoms with Crippen molar-refractivity contribution in [3.8, 4) is 0 Å². The van der Waals surface area contributed by atoms with Gasteiger partial charge in [0.2, 0.25) is 10.0 Å². The van der Waals surface area contributed by atoms with Crippen molar-refractivity contribution in [1.82, 2.24) is 9.62 Å². The van der Waals surface area contributed by atoms with Crippen molar-refractivity contribution in [2.75, 3.05) is 6.54 Å². The molecule has 0 heterocycles. The molecule has 1 unspecified atom stereocenters. The molecule has 0 aromatic heterocycles. The SMILES string of the molecule is CC(C)CN(C([C@H](O)[C@H](Cc1ccccc1)NC(=O)O)C(C)(C)C)S(=O)(=O)c1ccc(C=O)cc1. The maximum atomic E-state index is 13.9. The number of amides is 1. The van der Waals surface area contributed by atoms with Gasteiger partial charge in [-0.1, -0.05) is 77.1 Å². The zero-order chi connectivity index (χ0) is 26.4. The van der Waals surface area contributed by atoms with Gasteiger partial charge in [0.25, 0.3) is 0 Å². The second-order valence-corrected chi connectivity index (χ2v) is 12.1. The largest absolute Gasteiger partial charge is 0.465 e. The highest BCUT2D eigenvalue weighted by molar-refractivity contribution is 7.89. The normalized spacial score (nSPS) is 15.0. The van der Waals surface area contributed by atoms with Crippen LogP contribution in [0.3, 0.4) is 0 Å². The number of rotatable bonds is 11. The van der Waals surface area contributed by atoms with Crippen LogP contribution < -0.4 is 5.32 Å². The van der Waals surface area contributed by atoms with Crippen LogP contribution in [0, 0.1) is 11.3 Å². The molecule has 192 valence electrons. The lowest BCUT2D eigenvalue weighted by Crippen LogP contribution is -2.61. The van der Waals surface area contributed by atoms with E-state index in [2.05, 4.69) is 5.32 Å². The summed E-state index contributed by atoms with van der Waals surface area (Å²) in [6.07, 6.45) is -1.84. The number of nitrogens with one attached hydrogen (secondary N) is 1. The van der Waals surface area contributed by atoms with Crippen LogP contribution in [-0.2, 0) is 16.4 Å². The number of nitrogens with zero attached hydrogens (tertiary/aromatic N) is 1. The summed E-state index contributed by atoms with van der Waals surface area (Å²) in [5.41, 5.74) is 0.403. The fourth-order valence-corrected chi connectivity index (χ4v) is 6.18. The molecule has 0 aliphatic rings. The molecule has 0 bridgehead atoms. The number of aliphatic hydroxyl groups excluding tert-OH is 1. The third-order valence-corrected chi connectivity index (χ3v) is 7.57. The van der Waals surface area contributed by atoms with Crippen LogP contribution in [0.4, 0.5) is 4.79 Å². The molecule has 3 atom stereocenters. The minimum absolute atomic E-state index is 0.00370. The van der Waals surface area contributed by atoms with Crippen molar-refractivity contribution >= 4 is 22.4 Å². The standard InChI is InChI=1S/C26H36N2O6S/c1-18(2)16-28(35(33,34)21-13-11-20(17-29)12-14-21)24(26(3,4)5)23(30)22(27-25(31)32)15-19-9-7-6-8-10-19/h6-14,17-18,22-24,27,30H,15-16H2,1-5H3,(H,31,32)/t22-,23+,24?/m0/s1. The summed E-state index contributed by atoms with van der Waals surface area (Å²) in [6.45, 7) is 9.32. The predicted octanol–water partition coefficient (Wildman–Crippen LogP) is 3.80. The van der Waals surface area contributed by atoms with Crippen LogP contribution in [0.15, 0.2) is 59.5 Å². The first-order valence-electron chi connectivity index (χ1n) is 11.6. The Labute approximate surface area is 208 Å². The third kappa shape index (κ3) is 7.62. The number of hydrogen-bond donors (Lipinski definition) is 3. The van der Waals surface area contributed by atoms with E-state index in [1.165, 1.54) is 28.6 Å². The fraction of sp³-hybridized carbons (Fsp3) is 0.462. The number of carbonyl (C=O) groups excluding carboxylic acids is 1. The first-order chi connectivity index (χ1) is 16.3. The number of carboxylic acid groups (broad SMARTS) is 1. The number of benzene rings is 2. The van der Waals surface area contributed by atoms with Crippen LogP contribution in [0.25, 0.3) is 0 Å². The molecule has 0 aliphatic carbocycles. The predicted molar refractivity (Wildman–Crippen MR) is 135 cm³/mol. The average Bonchev–Trinajstić information content (AvgIpc) is 2.77. The minimum atomic E-state index is -4.10. The molecule has 8 nitrogen and oxygen atoms in total. The molecule has 0 spiro atoms. The molecule has 0 fully saturated rings. The maximum Gasteiger partial charge on any atom is 0.404 e. The van der Waals surface area contributed by atoms with E-state index in [1.807, 2.05) is 65.0 Å². The summed E-state index contributed by atoms with van der Waals surface area (Å²) in [4.78, 5) is 22.7. The van der Waals surface area contributed by atoms with Crippen LogP contribution in [0.1, 0.15) is 50.5 Å². The molecule has 3 N–H and O–H groups in total. The zero-order valence-electron chi connectivity index (χ0n) is 20.9. The number of aliphatic hydroxyl groups is 1. The summed E-state index contributed by atoms with van der Waals surface area (Å²) in [6, 6.07) is 12.8. The van der Waals surface area contributed by atoms with Crippen molar-refractivity contribution in [3.05, 3.63) is 65.7 Å². The fourth-order valence-electron chi connectivity index (χ4n) is 4.19. The van der Waals surface area contributed by atoms with Crippen LogP contribution >= 0.6 is 0 Å². The number of aldehydes is 1. The summed E-state index contributed by atoms with van der Waals surface area (Å²) >= 11 is 0. The van der Waals surface area contributed by atoms with Crippen molar-refractivity contribution in [2.24, 2.45) is 11.3 Å². The Kier molecular flexibility index (Phi) is 9.60. The molecule has 2 rings (SSSR count). The highest BCUT2D eigenvalue weighted by atomic mass is 32.2. The van der Waals surface area contributed by atoms with E-state index in [4.69, 9.17) is 0 Å². The lowest BCUT2D eigenvalue weighted by molar-refractivity contribution is 0.00250. The molecule has 0 saturated carbocycles. The maximum absolute atomic E-state index is 13.9. The Hall–Kier alpha value is -2.75. The van der Waals surface area contributed by atoms with Gasteiger partial charge in [-0.15, -0.1) is 0 Å². The van der Waals surface area contributed by atoms with Gasteiger partial charge in [0.15, 0.2) is 0 Å². The Bertz CT molecular complexity index is 1080. The monoisotopic (exact) mass is 504 g/mol. The van der Waals surface area contributed by atoms with E-state index in [9.17, 15) is 28.2 Å².